The van der Waals surface area contributed by atoms with E-state index in [2.05, 4.69) is 21.7 Å². The van der Waals surface area contributed by atoms with Crippen LogP contribution < -0.4 is 10.6 Å². The lowest BCUT2D eigenvalue weighted by Crippen LogP contribution is -2.45. The van der Waals surface area contributed by atoms with Crippen LogP contribution in [0.4, 0.5) is 17.6 Å². The number of halogens is 4. The Bertz CT molecular complexity index is 1700. The van der Waals surface area contributed by atoms with Crippen LogP contribution in [0.25, 0.3) is 33.6 Å². The van der Waals surface area contributed by atoms with Gasteiger partial charge in [-0.3, -0.25) is 9.59 Å². The van der Waals surface area contributed by atoms with Gasteiger partial charge in [0.05, 0.1) is 22.7 Å². The maximum Gasteiger partial charge on any atom is 0.389 e. The van der Waals surface area contributed by atoms with Crippen molar-refractivity contribution < 1.29 is 31.6 Å². The SMILES string of the molecule is CNC(=O)c1c(-c2ccc(F)cc2)oc2nc(CCC(F)(F)F)c(-c3cccc(C(=O)NC4(C#N)CCCC4)c3)cc12. The number of hydrogen-bond donors (Lipinski definition) is 2. The number of rotatable bonds is 7. The van der Waals surface area contributed by atoms with Crippen LogP contribution >= 0.6 is 0 Å². The molecule has 1 aliphatic carbocycles. The summed E-state index contributed by atoms with van der Waals surface area (Å²) in [7, 11) is 1.42. The lowest BCUT2D eigenvalue weighted by Gasteiger charge is -2.22. The number of hydrogen-bond acceptors (Lipinski definition) is 5. The molecule has 5 rings (SSSR count). The summed E-state index contributed by atoms with van der Waals surface area (Å²) in [6.45, 7) is 0. The number of aryl methyl sites for hydroxylation is 1. The van der Waals surface area contributed by atoms with Crippen LogP contribution in [0.15, 0.2) is 59.0 Å². The summed E-state index contributed by atoms with van der Waals surface area (Å²) in [6, 6.07) is 15.3. The van der Waals surface area contributed by atoms with Crippen LogP contribution in [0.1, 0.15) is 58.5 Å². The molecule has 0 saturated heterocycles. The summed E-state index contributed by atoms with van der Waals surface area (Å²) >= 11 is 0. The molecular weight excluding hydrogens is 552 g/mol. The molecule has 2 aromatic heterocycles. The number of benzene rings is 2. The fourth-order valence-electron chi connectivity index (χ4n) is 5.28. The third kappa shape index (κ3) is 5.84. The molecular formula is C31H26F4N4O3. The summed E-state index contributed by atoms with van der Waals surface area (Å²) < 4.78 is 59.3. The predicted octanol–water partition coefficient (Wildman–Crippen LogP) is 6.72. The highest BCUT2D eigenvalue weighted by Crippen LogP contribution is 2.38. The van der Waals surface area contributed by atoms with E-state index < -0.39 is 42.2 Å². The summed E-state index contributed by atoms with van der Waals surface area (Å²) in [4.78, 5) is 30.6. The fourth-order valence-corrected chi connectivity index (χ4v) is 5.28. The largest absolute Gasteiger partial charge is 0.437 e. The number of alkyl halides is 3. The number of carbonyl (C=O) groups is 2. The molecule has 1 aliphatic rings. The molecule has 0 unspecified atom stereocenters. The second-order valence-corrected chi connectivity index (χ2v) is 10.3. The maximum atomic E-state index is 13.6. The van der Waals surface area contributed by atoms with Crippen molar-refractivity contribution in [1.29, 1.82) is 5.26 Å². The summed E-state index contributed by atoms with van der Waals surface area (Å²) in [5.74, 6) is -1.42. The van der Waals surface area contributed by atoms with Gasteiger partial charge < -0.3 is 15.1 Å². The standard InChI is InChI=1S/C31H26F4N4O3/c1-37-28(41)25-23-16-22(19-5-4-6-20(15-19)27(40)39-30(17-36)12-2-3-13-30)24(11-14-31(33,34)35)38-29(23)42-26(25)18-7-9-21(32)10-8-18/h4-10,15-16H,2-3,11-14H2,1H3,(H,37,41)(H,39,40). The highest BCUT2D eigenvalue weighted by atomic mass is 19.4. The first kappa shape index (κ1) is 28.8. The Morgan fingerprint density at radius 1 is 1.05 bits per heavy atom. The first-order valence-corrected chi connectivity index (χ1v) is 13.4. The molecule has 0 bridgehead atoms. The van der Waals surface area contributed by atoms with Crippen molar-refractivity contribution >= 4 is 22.9 Å². The second kappa shape index (κ2) is 11.3. The number of nitrogens with one attached hydrogen (secondary N) is 2. The number of aromatic nitrogens is 1. The van der Waals surface area contributed by atoms with Gasteiger partial charge in [0.2, 0.25) is 5.71 Å². The molecule has 0 aliphatic heterocycles. The molecule has 1 fully saturated rings. The Balaban J connectivity index is 1.65. The summed E-state index contributed by atoms with van der Waals surface area (Å²) in [5, 5.41) is 15.3. The van der Waals surface area contributed by atoms with Gasteiger partial charge in [-0.15, -0.1) is 0 Å². The minimum absolute atomic E-state index is 0.0556. The molecule has 216 valence electrons. The van der Waals surface area contributed by atoms with Crippen LogP contribution in [0.3, 0.4) is 0 Å². The van der Waals surface area contributed by atoms with Crippen molar-refractivity contribution in [2.24, 2.45) is 0 Å². The van der Waals surface area contributed by atoms with Crippen molar-refractivity contribution in [3.63, 3.8) is 0 Å². The molecule has 0 radical (unpaired) electrons. The van der Waals surface area contributed by atoms with E-state index >= 15 is 0 Å². The first-order valence-electron chi connectivity index (χ1n) is 13.4. The van der Waals surface area contributed by atoms with Gasteiger partial charge in [0.25, 0.3) is 11.8 Å². The van der Waals surface area contributed by atoms with E-state index in [1.54, 1.807) is 18.2 Å². The number of furan rings is 1. The summed E-state index contributed by atoms with van der Waals surface area (Å²) in [5.41, 5.74) is 0.421. The first-order chi connectivity index (χ1) is 20.0. The highest BCUT2D eigenvalue weighted by molar-refractivity contribution is 6.11. The number of nitriles is 1. The lowest BCUT2D eigenvalue weighted by atomic mass is 9.95. The Morgan fingerprint density at radius 2 is 1.76 bits per heavy atom. The highest BCUT2D eigenvalue weighted by Gasteiger charge is 2.36. The molecule has 42 heavy (non-hydrogen) atoms. The lowest BCUT2D eigenvalue weighted by molar-refractivity contribution is -0.134. The van der Waals surface area contributed by atoms with Gasteiger partial charge in [0, 0.05) is 30.2 Å². The average molecular weight is 579 g/mol. The molecule has 2 amide bonds. The van der Waals surface area contributed by atoms with Crippen LogP contribution in [0.2, 0.25) is 0 Å². The van der Waals surface area contributed by atoms with Gasteiger partial charge in [-0.1, -0.05) is 12.1 Å². The van der Waals surface area contributed by atoms with E-state index in [1.165, 1.54) is 43.4 Å². The molecule has 2 heterocycles. The van der Waals surface area contributed by atoms with Gasteiger partial charge in [0.1, 0.15) is 17.1 Å². The van der Waals surface area contributed by atoms with Gasteiger partial charge in [-0.05, 0) is 80.1 Å². The molecule has 4 aromatic rings. The number of pyridine rings is 1. The zero-order chi connectivity index (χ0) is 30.1. The maximum absolute atomic E-state index is 13.6. The fraction of sp³-hybridized carbons (Fsp3) is 0.290. The minimum atomic E-state index is -4.46. The topological polar surface area (TPSA) is 108 Å². The molecule has 7 nitrogen and oxygen atoms in total. The molecule has 2 N–H and O–H groups in total. The Kier molecular flexibility index (Phi) is 7.73. The van der Waals surface area contributed by atoms with Crippen LogP contribution in [-0.2, 0) is 6.42 Å². The molecule has 0 spiro atoms. The van der Waals surface area contributed by atoms with Gasteiger partial charge in [-0.25, -0.2) is 9.37 Å². The predicted molar refractivity (Wildman–Crippen MR) is 147 cm³/mol. The van der Waals surface area contributed by atoms with Crippen molar-refractivity contribution in [2.45, 2.75) is 50.2 Å². The normalized spacial score (nSPS) is 14.5. The number of nitrogens with zero attached hydrogens (tertiary/aromatic N) is 2. The second-order valence-electron chi connectivity index (χ2n) is 10.3. The van der Waals surface area contributed by atoms with E-state index in [-0.39, 0.29) is 39.2 Å². The zero-order valence-corrected chi connectivity index (χ0v) is 22.6. The monoisotopic (exact) mass is 578 g/mol. The van der Waals surface area contributed by atoms with Gasteiger partial charge in [0.15, 0.2) is 0 Å². The van der Waals surface area contributed by atoms with Crippen molar-refractivity contribution in [1.82, 2.24) is 15.6 Å². The Labute approximate surface area is 238 Å². The molecule has 1 saturated carbocycles. The molecule has 0 atom stereocenters. The van der Waals surface area contributed by atoms with E-state index in [0.29, 0.717) is 24.0 Å². The van der Waals surface area contributed by atoms with Gasteiger partial charge >= 0.3 is 6.18 Å². The Hall–Kier alpha value is -4.72. The van der Waals surface area contributed by atoms with Crippen LogP contribution in [-0.4, -0.2) is 35.6 Å². The van der Waals surface area contributed by atoms with E-state index in [1.807, 2.05) is 0 Å². The molecule has 11 heteroatoms. The third-order valence-electron chi connectivity index (χ3n) is 7.43. The zero-order valence-electron chi connectivity index (χ0n) is 22.6. The van der Waals surface area contributed by atoms with Gasteiger partial charge in [-0.2, -0.15) is 18.4 Å². The van der Waals surface area contributed by atoms with E-state index in [9.17, 15) is 32.4 Å². The van der Waals surface area contributed by atoms with Crippen LogP contribution in [0.5, 0.6) is 0 Å². The average Bonchev–Trinajstić information content (AvgIpc) is 3.60. The number of amides is 2. The van der Waals surface area contributed by atoms with Crippen molar-refractivity contribution in [2.75, 3.05) is 7.05 Å². The van der Waals surface area contributed by atoms with Crippen molar-refractivity contribution in [3.8, 4) is 28.5 Å². The minimum Gasteiger partial charge on any atom is -0.437 e. The van der Waals surface area contributed by atoms with Crippen molar-refractivity contribution in [3.05, 3.63) is 77.2 Å². The summed E-state index contributed by atoms with van der Waals surface area (Å²) in [6.07, 6.45) is -3.38. The molecule has 2 aromatic carbocycles. The van der Waals surface area contributed by atoms with Crippen LogP contribution in [0, 0.1) is 17.1 Å². The van der Waals surface area contributed by atoms with E-state index in [0.717, 1.165) is 12.8 Å². The smallest absolute Gasteiger partial charge is 0.389 e. The number of fused-ring (bicyclic) bond motifs is 1. The quantitative estimate of drug-likeness (QED) is 0.237. The number of carbonyl (C=O) groups excluding carboxylic acids is 2. The third-order valence-corrected chi connectivity index (χ3v) is 7.43. The Morgan fingerprint density at radius 3 is 2.40 bits per heavy atom. The van der Waals surface area contributed by atoms with E-state index in [4.69, 9.17) is 4.42 Å².